The molecule has 0 bridgehead atoms. The molecule has 294 valence electrons. The van der Waals surface area contributed by atoms with Crippen LogP contribution in [0.4, 0.5) is 9.59 Å². The van der Waals surface area contributed by atoms with E-state index in [-0.39, 0.29) is 47.8 Å². The first kappa shape index (κ1) is 37.3. The summed E-state index contributed by atoms with van der Waals surface area (Å²) < 4.78 is 0. The number of amides is 4. The molecule has 0 unspecified atom stereocenters. The van der Waals surface area contributed by atoms with Gasteiger partial charge in [-0.2, -0.15) is 0 Å². The van der Waals surface area contributed by atoms with E-state index >= 15 is 0 Å². The molecule has 0 spiro atoms. The van der Waals surface area contributed by atoms with Crippen LogP contribution in [0.1, 0.15) is 87.9 Å². The molecule has 56 heavy (non-hydrogen) atoms. The molecular formula is C42H50N8O6. The normalized spacial score (nSPS) is 24.8. The molecule has 2 saturated carbocycles. The van der Waals surface area contributed by atoms with Crippen LogP contribution in [-0.4, -0.2) is 113 Å². The van der Waals surface area contributed by atoms with Crippen LogP contribution >= 0.6 is 0 Å². The van der Waals surface area contributed by atoms with Crippen molar-refractivity contribution in [3.05, 3.63) is 72.6 Å². The lowest BCUT2D eigenvalue weighted by Gasteiger charge is -2.27. The first-order valence-corrected chi connectivity index (χ1v) is 19.9. The molecule has 8 rings (SSSR count). The van der Waals surface area contributed by atoms with E-state index in [1.54, 1.807) is 14.1 Å². The molecule has 4 N–H and O–H groups in total. The number of H-pyrrole nitrogens is 2. The first-order valence-electron chi connectivity index (χ1n) is 19.9. The molecule has 2 aromatic carbocycles. The zero-order valence-electron chi connectivity index (χ0n) is 31.9. The topological polar surface area (TPSA) is 179 Å². The summed E-state index contributed by atoms with van der Waals surface area (Å²) in [6.45, 7) is 1.37. The summed E-state index contributed by atoms with van der Waals surface area (Å²) in [5.41, 5.74) is 5.93. The molecular weight excluding hydrogens is 713 g/mol. The Morgan fingerprint density at radius 3 is 1.34 bits per heavy atom. The molecule has 4 aromatic rings. The number of aromatic nitrogens is 4. The highest BCUT2D eigenvalue weighted by molar-refractivity contribution is 5.81. The summed E-state index contributed by atoms with van der Waals surface area (Å²) in [5.74, 6) is 1.44. The standard InChI is InChI=1S/C42H50N8O6/c1-47(41(53)54)31-17-15-29(21-31)39(51)49-19-3-5-35(49)37-43-23-33(45-37)27-11-7-25(8-12-27)26-9-13-28(14-10-26)34-24-44-38(46-34)36-6-4-20-50(36)40(52)30-16-18-32(22-30)48(2)42(55)56/h7-14,23-24,29-32,35-36H,3-6,15-22H2,1-2H3,(H,43,45)(H,44,46)(H,53,54)(H,55,56)/t29-,30-,31+,32+,35-,36-/m0/s1. The van der Waals surface area contributed by atoms with E-state index in [9.17, 15) is 29.4 Å². The molecule has 4 fully saturated rings. The van der Waals surface area contributed by atoms with Gasteiger partial charge in [0.2, 0.25) is 11.8 Å². The highest BCUT2D eigenvalue weighted by Gasteiger charge is 2.41. The number of carboxylic acid groups (broad SMARTS) is 2. The van der Waals surface area contributed by atoms with Gasteiger partial charge in [-0.1, -0.05) is 48.5 Å². The van der Waals surface area contributed by atoms with E-state index in [2.05, 4.69) is 58.5 Å². The summed E-state index contributed by atoms with van der Waals surface area (Å²) in [6, 6.07) is 16.2. The molecule has 4 aliphatic rings. The van der Waals surface area contributed by atoms with Crippen molar-refractivity contribution >= 4 is 24.0 Å². The summed E-state index contributed by atoms with van der Waals surface area (Å²) in [7, 11) is 3.17. The Balaban J connectivity index is 0.884. The van der Waals surface area contributed by atoms with Gasteiger partial charge in [0.05, 0.1) is 35.9 Å². The average Bonchev–Trinajstić information content (AvgIpc) is 4.07. The van der Waals surface area contributed by atoms with Crippen LogP contribution in [0.25, 0.3) is 33.6 Å². The minimum atomic E-state index is -0.954. The lowest BCUT2D eigenvalue weighted by Crippen LogP contribution is -2.37. The van der Waals surface area contributed by atoms with Crippen molar-refractivity contribution in [3.8, 4) is 33.6 Å². The van der Waals surface area contributed by atoms with Crippen molar-refractivity contribution < 1.29 is 29.4 Å². The highest BCUT2D eigenvalue weighted by Crippen LogP contribution is 2.39. The van der Waals surface area contributed by atoms with Gasteiger partial charge in [0.15, 0.2) is 0 Å². The monoisotopic (exact) mass is 762 g/mol. The third-order valence-electron chi connectivity index (χ3n) is 12.8. The Morgan fingerprint density at radius 1 is 0.589 bits per heavy atom. The SMILES string of the molecule is CN(C(=O)O)[C@@H]1CC[C@H](C(=O)N2CCC[C@H]2c2ncc(-c3ccc(-c4ccc(-c5cnc([C@@H]6CCCN6C(=O)[C@H]6CC[C@@H](N(C)C(=O)O)C6)[nH]5)cc4)cc3)[nH]2)C1. The van der Waals surface area contributed by atoms with Gasteiger partial charge in [-0.05, 0) is 86.5 Å². The summed E-state index contributed by atoms with van der Waals surface area (Å²) in [6.07, 6.45) is 9.20. The molecule has 0 radical (unpaired) electrons. The van der Waals surface area contributed by atoms with Crippen molar-refractivity contribution in [3.63, 3.8) is 0 Å². The summed E-state index contributed by atoms with van der Waals surface area (Å²) >= 11 is 0. The second-order valence-electron chi connectivity index (χ2n) is 16.0. The third kappa shape index (κ3) is 7.24. The predicted octanol–water partition coefficient (Wildman–Crippen LogP) is 7.02. The molecule has 2 aliphatic heterocycles. The highest BCUT2D eigenvalue weighted by atomic mass is 16.4. The zero-order valence-corrected chi connectivity index (χ0v) is 31.9. The van der Waals surface area contributed by atoms with Crippen LogP contribution in [-0.2, 0) is 9.59 Å². The van der Waals surface area contributed by atoms with Gasteiger partial charge in [-0.25, -0.2) is 19.6 Å². The van der Waals surface area contributed by atoms with E-state index < -0.39 is 12.2 Å². The maximum absolute atomic E-state index is 13.6. The van der Waals surface area contributed by atoms with Crippen molar-refractivity contribution in [2.75, 3.05) is 27.2 Å². The van der Waals surface area contributed by atoms with E-state index in [0.29, 0.717) is 51.6 Å². The molecule has 2 aromatic heterocycles. The van der Waals surface area contributed by atoms with E-state index in [1.807, 2.05) is 22.2 Å². The second kappa shape index (κ2) is 15.5. The van der Waals surface area contributed by atoms with Gasteiger partial charge >= 0.3 is 12.2 Å². The fourth-order valence-corrected chi connectivity index (χ4v) is 9.47. The number of nitrogens with one attached hydrogen (secondary N) is 2. The zero-order chi connectivity index (χ0) is 39.1. The fraction of sp³-hybridized carbons (Fsp3) is 0.476. The van der Waals surface area contributed by atoms with Crippen LogP contribution in [0, 0.1) is 11.8 Å². The van der Waals surface area contributed by atoms with Gasteiger partial charge in [-0.15, -0.1) is 0 Å². The quantitative estimate of drug-likeness (QED) is 0.141. The predicted molar refractivity (Wildman–Crippen MR) is 208 cm³/mol. The number of imidazole rings is 2. The van der Waals surface area contributed by atoms with E-state index in [4.69, 9.17) is 9.97 Å². The summed E-state index contributed by atoms with van der Waals surface area (Å²) in [4.78, 5) is 73.0. The minimum absolute atomic E-state index is 0.102. The Morgan fingerprint density at radius 2 is 0.964 bits per heavy atom. The molecule has 14 heteroatoms. The third-order valence-corrected chi connectivity index (χ3v) is 12.8. The van der Waals surface area contributed by atoms with Crippen LogP contribution in [0.2, 0.25) is 0 Å². The van der Waals surface area contributed by atoms with Crippen LogP contribution in [0.15, 0.2) is 60.9 Å². The van der Waals surface area contributed by atoms with Gasteiger partial charge in [0.1, 0.15) is 11.6 Å². The minimum Gasteiger partial charge on any atom is -0.465 e. The molecule has 4 amide bonds. The van der Waals surface area contributed by atoms with Crippen molar-refractivity contribution in [1.82, 2.24) is 39.5 Å². The number of likely N-dealkylation sites (tertiary alicyclic amines) is 2. The molecule has 2 saturated heterocycles. The number of benzene rings is 2. The number of hydrogen-bond donors (Lipinski definition) is 4. The average molecular weight is 763 g/mol. The number of rotatable bonds is 9. The van der Waals surface area contributed by atoms with Crippen molar-refractivity contribution in [2.24, 2.45) is 11.8 Å². The van der Waals surface area contributed by atoms with Gasteiger partial charge < -0.3 is 39.8 Å². The van der Waals surface area contributed by atoms with Crippen molar-refractivity contribution in [2.45, 2.75) is 88.4 Å². The Hall–Kier alpha value is -5.66. The second-order valence-corrected chi connectivity index (χ2v) is 16.0. The summed E-state index contributed by atoms with van der Waals surface area (Å²) in [5, 5.41) is 18.8. The largest absolute Gasteiger partial charge is 0.465 e. The smallest absolute Gasteiger partial charge is 0.407 e. The molecule has 2 aliphatic carbocycles. The van der Waals surface area contributed by atoms with E-state index in [1.165, 1.54) is 9.80 Å². The fourth-order valence-electron chi connectivity index (χ4n) is 9.47. The number of aromatic amines is 2. The van der Waals surface area contributed by atoms with Gasteiger partial charge in [0.25, 0.3) is 0 Å². The maximum Gasteiger partial charge on any atom is 0.407 e. The number of hydrogen-bond acceptors (Lipinski definition) is 6. The number of carbonyl (C=O) groups is 4. The molecule has 6 atom stereocenters. The van der Waals surface area contributed by atoms with Crippen LogP contribution in [0.5, 0.6) is 0 Å². The van der Waals surface area contributed by atoms with Gasteiger partial charge in [0, 0.05) is 51.1 Å². The van der Waals surface area contributed by atoms with Crippen LogP contribution in [0.3, 0.4) is 0 Å². The van der Waals surface area contributed by atoms with Crippen molar-refractivity contribution in [1.29, 1.82) is 0 Å². The Kier molecular flexibility index (Phi) is 10.3. The maximum atomic E-state index is 13.6. The lowest BCUT2D eigenvalue weighted by molar-refractivity contribution is -0.137. The lowest BCUT2D eigenvalue weighted by atomic mass is 10.0. The Labute approximate surface area is 325 Å². The number of carbonyl (C=O) groups excluding carboxylic acids is 2. The van der Waals surface area contributed by atoms with Gasteiger partial charge in [-0.3, -0.25) is 9.59 Å². The first-order chi connectivity index (χ1) is 27.0. The molecule has 14 nitrogen and oxygen atoms in total. The molecule has 4 heterocycles. The Bertz CT molecular complexity index is 1930. The van der Waals surface area contributed by atoms with E-state index in [0.717, 1.165) is 71.0 Å². The van der Waals surface area contributed by atoms with Crippen LogP contribution < -0.4 is 0 Å². The number of nitrogens with zero attached hydrogens (tertiary/aromatic N) is 6.